The summed E-state index contributed by atoms with van der Waals surface area (Å²) in [6.45, 7) is 0.530. The number of nitro groups is 1. The Kier molecular flexibility index (Phi) is 2.37. The molecule has 0 amide bonds. The van der Waals surface area contributed by atoms with Gasteiger partial charge in [0.05, 0.1) is 6.07 Å². The lowest BCUT2D eigenvalue weighted by Crippen LogP contribution is -2.05. The molecule has 78 valence electrons. The topological polar surface area (TPSA) is 84.7 Å². The maximum absolute atomic E-state index is 10.6. The molecule has 6 nitrogen and oxygen atoms in total. The molecule has 0 aliphatic heterocycles. The fraction of sp³-hybridized carbons (Fsp3) is 0.556. The van der Waals surface area contributed by atoms with Crippen LogP contribution in [0.2, 0.25) is 0 Å². The van der Waals surface area contributed by atoms with E-state index in [-0.39, 0.29) is 11.5 Å². The molecule has 6 heteroatoms. The first-order valence-electron chi connectivity index (χ1n) is 4.83. The molecule has 1 aromatic rings. The van der Waals surface area contributed by atoms with Crippen molar-refractivity contribution in [1.82, 2.24) is 9.78 Å². The summed E-state index contributed by atoms with van der Waals surface area (Å²) in [5, 5.41) is 23.1. The highest BCUT2D eigenvalue weighted by Crippen LogP contribution is 2.33. The summed E-state index contributed by atoms with van der Waals surface area (Å²) in [4.78, 5) is 10.1. The fourth-order valence-electron chi connectivity index (χ4n) is 1.48. The summed E-state index contributed by atoms with van der Waals surface area (Å²) in [5.41, 5.74) is 0.109. The minimum Gasteiger partial charge on any atom is -0.358 e. The van der Waals surface area contributed by atoms with Crippen LogP contribution in [0.4, 0.5) is 5.82 Å². The third-order valence-electron chi connectivity index (χ3n) is 2.51. The van der Waals surface area contributed by atoms with Crippen LogP contribution in [0.1, 0.15) is 25.0 Å². The van der Waals surface area contributed by atoms with Crippen molar-refractivity contribution in [3.05, 3.63) is 21.9 Å². The van der Waals surface area contributed by atoms with E-state index < -0.39 is 4.92 Å². The third-order valence-corrected chi connectivity index (χ3v) is 2.51. The van der Waals surface area contributed by atoms with Crippen molar-refractivity contribution in [2.24, 2.45) is 5.92 Å². The van der Waals surface area contributed by atoms with Crippen LogP contribution in [-0.2, 0) is 6.54 Å². The Morgan fingerprint density at radius 3 is 3.00 bits per heavy atom. The van der Waals surface area contributed by atoms with Gasteiger partial charge in [0.2, 0.25) is 0 Å². The second kappa shape index (κ2) is 3.69. The molecule has 0 unspecified atom stereocenters. The zero-order valence-electron chi connectivity index (χ0n) is 8.09. The van der Waals surface area contributed by atoms with Crippen LogP contribution in [0.15, 0.2) is 6.07 Å². The average Bonchev–Trinajstić information content (AvgIpc) is 2.94. The van der Waals surface area contributed by atoms with Gasteiger partial charge in [-0.25, -0.2) is 0 Å². The number of nitriles is 1. The molecule has 0 aromatic carbocycles. The van der Waals surface area contributed by atoms with Crippen molar-refractivity contribution >= 4 is 5.82 Å². The van der Waals surface area contributed by atoms with Gasteiger partial charge in [0, 0.05) is 0 Å². The lowest BCUT2D eigenvalue weighted by atomic mass is 10.3. The normalized spacial score (nSPS) is 14.9. The van der Waals surface area contributed by atoms with Gasteiger partial charge in [-0.2, -0.15) is 5.26 Å². The number of hydrogen-bond donors (Lipinski definition) is 0. The monoisotopic (exact) mass is 206 g/mol. The summed E-state index contributed by atoms with van der Waals surface area (Å²) in [7, 11) is 0. The van der Waals surface area contributed by atoms with Crippen LogP contribution in [0.25, 0.3) is 0 Å². The van der Waals surface area contributed by atoms with E-state index >= 15 is 0 Å². The van der Waals surface area contributed by atoms with Crippen LogP contribution in [0, 0.1) is 27.4 Å². The highest BCUT2D eigenvalue weighted by molar-refractivity contribution is 5.30. The molecule has 0 bridgehead atoms. The highest BCUT2D eigenvalue weighted by Gasteiger charge is 2.24. The minimum absolute atomic E-state index is 0.0906. The Morgan fingerprint density at radius 2 is 2.47 bits per heavy atom. The average molecular weight is 206 g/mol. The van der Waals surface area contributed by atoms with Gasteiger partial charge < -0.3 is 10.1 Å². The largest absolute Gasteiger partial charge is 0.358 e. The molecule has 1 aromatic heterocycles. The van der Waals surface area contributed by atoms with Crippen LogP contribution >= 0.6 is 0 Å². The van der Waals surface area contributed by atoms with Gasteiger partial charge in [0.15, 0.2) is 5.69 Å². The van der Waals surface area contributed by atoms with Crippen LogP contribution < -0.4 is 0 Å². The Morgan fingerprint density at radius 1 is 1.73 bits per heavy atom. The van der Waals surface area contributed by atoms with Crippen molar-refractivity contribution in [3.63, 3.8) is 0 Å². The summed E-state index contributed by atoms with van der Waals surface area (Å²) in [6, 6.07) is 3.02. The van der Waals surface area contributed by atoms with Crippen LogP contribution in [0.5, 0.6) is 0 Å². The SMILES string of the molecule is N#Cc1cc([N+](=O)[O-])n(CCC2CC2)n1. The second-order valence-electron chi connectivity index (χ2n) is 3.71. The number of aryl methyl sites for hydroxylation is 1. The summed E-state index contributed by atoms with van der Waals surface area (Å²) in [5.74, 6) is 0.603. The van der Waals surface area contributed by atoms with E-state index in [1.54, 1.807) is 0 Å². The molecular weight excluding hydrogens is 196 g/mol. The lowest BCUT2D eigenvalue weighted by molar-refractivity contribution is -0.392. The zero-order chi connectivity index (χ0) is 10.8. The van der Waals surface area contributed by atoms with E-state index in [0.717, 1.165) is 6.42 Å². The molecule has 0 N–H and O–H groups in total. The summed E-state index contributed by atoms with van der Waals surface area (Å²) >= 11 is 0. The van der Waals surface area contributed by atoms with E-state index in [0.29, 0.717) is 12.5 Å². The first-order valence-corrected chi connectivity index (χ1v) is 4.83. The molecule has 15 heavy (non-hydrogen) atoms. The number of hydrogen-bond acceptors (Lipinski definition) is 4. The van der Waals surface area contributed by atoms with Crippen molar-refractivity contribution in [1.29, 1.82) is 5.26 Å². The smallest absolute Gasteiger partial charge is 0.346 e. The summed E-state index contributed by atoms with van der Waals surface area (Å²) < 4.78 is 1.32. The molecule has 2 rings (SSSR count). The maximum Gasteiger partial charge on any atom is 0.346 e. The molecular formula is C9H10N4O2. The maximum atomic E-state index is 10.6. The molecule has 1 heterocycles. The Balaban J connectivity index is 2.15. The highest BCUT2D eigenvalue weighted by atomic mass is 16.6. The van der Waals surface area contributed by atoms with Crippen molar-refractivity contribution < 1.29 is 4.92 Å². The first kappa shape index (κ1) is 9.65. The van der Waals surface area contributed by atoms with Gasteiger partial charge in [-0.05, 0) is 17.3 Å². The Bertz CT molecular complexity index is 428. The van der Waals surface area contributed by atoms with Crippen molar-refractivity contribution in [2.75, 3.05) is 0 Å². The molecule has 1 aliphatic carbocycles. The standard InChI is InChI=1S/C9H10N4O2/c10-6-8-5-9(13(14)15)12(11-8)4-3-7-1-2-7/h5,7H,1-4H2. The minimum atomic E-state index is -0.499. The quantitative estimate of drug-likeness (QED) is 0.551. The second-order valence-corrected chi connectivity index (χ2v) is 3.71. The van der Waals surface area contributed by atoms with E-state index in [4.69, 9.17) is 5.26 Å². The molecule has 0 spiro atoms. The van der Waals surface area contributed by atoms with Gasteiger partial charge in [0.25, 0.3) is 0 Å². The van der Waals surface area contributed by atoms with Gasteiger partial charge in [-0.3, -0.25) is 0 Å². The lowest BCUT2D eigenvalue weighted by Gasteiger charge is -1.97. The summed E-state index contributed by atoms with van der Waals surface area (Å²) in [6.07, 6.45) is 3.33. The zero-order valence-corrected chi connectivity index (χ0v) is 8.09. The number of nitrogens with zero attached hydrogens (tertiary/aromatic N) is 4. The van der Waals surface area contributed by atoms with Crippen molar-refractivity contribution in [3.8, 4) is 6.07 Å². The molecule has 1 aliphatic rings. The Labute approximate surface area is 86.3 Å². The fourth-order valence-corrected chi connectivity index (χ4v) is 1.48. The molecule has 0 radical (unpaired) electrons. The van der Waals surface area contributed by atoms with Crippen molar-refractivity contribution in [2.45, 2.75) is 25.8 Å². The number of aromatic nitrogens is 2. The van der Waals surface area contributed by atoms with Gasteiger partial charge >= 0.3 is 5.82 Å². The van der Waals surface area contributed by atoms with E-state index in [9.17, 15) is 10.1 Å². The van der Waals surface area contributed by atoms with E-state index in [1.807, 2.05) is 6.07 Å². The molecule has 0 saturated heterocycles. The predicted molar refractivity (Wildman–Crippen MR) is 50.9 cm³/mol. The van der Waals surface area contributed by atoms with Gasteiger partial charge in [-0.1, -0.05) is 17.9 Å². The van der Waals surface area contributed by atoms with Gasteiger partial charge in [0.1, 0.15) is 12.6 Å². The van der Waals surface area contributed by atoms with E-state index in [2.05, 4.69) is 5.10 Å². The third kappa shape index (κ3) is 2.13. The predicted octanol–water partition coefficient (Wildman–Crippen LogP) is 1.46. The van der Waals surface area contributed by atoms with E-state index in [1.165, 1.54) is 23.6 Å². The number of rotatable bonds is 4. The Hall–Kier alpha value is -1.90. The molecule has 1 fully saturated rings. The van der Waals surface area contributed by atoms with Gasteiger partial charge in [-0.15, -0.1) is 4.68 Å². The molecule has 0 atom stereocenters. The molecule has 1 saturated carbocycles. The first-order chi connectivity index (χ1) is 7.20. The van der Waals surface area contributed by atoms with Crippen LogP contribution in [-0.4, -0.2) is 14.7 Å². The van der Waals surface area contributed by atoms with Crippen LogP contribution in [0.3, 0.4) is 0 Å².